The summed E-state index contributed by atoms with van der Waals surface area (Å²) in [5.74, 6) is 0.871. The third-order valence-corrected chi connectivity index (χ3v) is 18.6. The Hall–Kier alpha value is -3.19. The molecular formula is C50H64Br2N6O4. The number of ether oxygens (including phenoxy) is 2. The van der Waals surface area contributed by atoms with Crippen LogP contribution in [-0.2, 0) is 40.6 Å². The molecule has 10 nitrogen and oxygen atoms in total. The van der Waals surface area contributed by atoms with E-state index in [9.17, 15) is 9.90 Å². The first-order valence-electron chi connectivity index (χ1n) is 22.9. The molecule has 1 N–H and O–H groups in total. The largest absolute Gasteiger partial charge is 0.459 e. The Labute approximate surface area is 384 Å². The summed E-state index contributed by atoms with van der Waals surface area (Å²) in [5.41, 5.74) is 4.57. The molecular weight excluding hydrogens is 908 g/mol. The molecule has 4 saturated carbocycles. The van der Waals surface area contributed by atoms with Crippen molar-refractivity contribution in [2.75, 3.05) is 6.61 Å². The van der Waals surface area contributed by atoms with Crippen molar-refractivity contribution in [3.8, 4) is 0 Å². The number of aliphatic hydroxyl groups is 1. The van der Waals surface area contributed by atoms with Crippen LogP contribution in [0.2, 0.25) is 0 Å². The number of allylic oxidation sites excluding steroid dienone is 2. The summed E-state index contributed by atoms with van der Waals surface area (Å²) >= 11 is 7.02. The molecule has 0 aliphatic heterocycles. The van der Waals surface area contributed by atoms with E-state index in [0.717, 1.165) is 90.0 Å². The Kier molecular flexibility index (Phi) is 11.6. The minimum Gasteiger partial charge on any atom is -0.459 e. The minimum atomic E-state index is -0.534. The van der Waals surface area contributed by atoms with Crippen LogP contribution < -0.4 is 0 Å². The van der Waals surface area contributed by atoms with Crippen molar-refractivity contribution in [3.05, 3.63) is 104 Å². The number of benzene rings is 2. The van der Waals surface area contributed by atoms with Crippen LogP contribution in [0.5, 0.6) is 0 Å². The van der Waals surface area contributed by atoms with Crippen LogP contribution in [0.15, 0.2) is 81.5 Å². The number of aliphatic hydroxyl groups excluding tert-OH is 1. The van der Waals surface area contributed by atoms with Gasteiger partial charge in [0, 0.05) is 14.4 Å². The average molecular weight is 973 g/mol. The second-order valence-corrected chi connectivity index (χ2v) is 23.4. The lowest BCUT2D eigenvalue weighted by molar-refractivity contribution is -0.221. The van der Waals surface area contributed by atoms with Crippen molar-refractivity contribution in [1.29, 1.82) is 0 Å². The molecule has 4 fully saturated rings. The van der Waals surface area contributed by atoms with Crippen LogP contribution in [-0.4, -0.2) is 53.8 Å². The number of carbonyl (C=O) groups is 1. The predicted octanol–water partition coefficient (Wildman–Crippen LogP) is 10.9. The van der Waals surface area contributed by atoms with Gasteiger partial charge >= 0.3 is 5.97 Å². The van der Waals surface area contributed by atoms with Crippen molar-refractivity contribution in [2.45, 2.75) is 138 Å². The van der Waals surface area contributed by atoms with E-state index in [1.807, 2.05) is 46.0 Å². The Morgan fingerprint density at radius 1 is 0.758 bits per heavy atom. The molecule has 0 amide bonds. The van der Waals surface area contributed by atoms with Crippen LogP contribution >= 0.6 is 31.9 Å². The topological polar surface area (TPSA) is 117 Å². The Morgan fingerprint density at radius 3 is 1.98 bits per heavy atom. The van der Waals surface area contributed by atoms with Crippen molar-refractivity contribution in [3.63, 3.8) is 0 Å². The zero-order chi connectivity index (χ0) is 43.7. The first-order valence-corrected chi connectivity index (χ1v) is 24.5. The van der Waals surface area contributed by atoms with E-state index in [0.29, 0.717) is 43.8 Å². The number of hydrogen-bond acceptors (Lipinski definition) is 8. The molecule has 0 unspecified atom stereocenters. The number of esters is 1. The normalized spacial score (nSPS) is 34.9. The van der Waals surface area contributed by atoms with Gasteiger partial charge in [0.1, 0.15) is 18.0 Å². The molecule has 0 radical (unpaired) electrons. The second-order valence-electron chi connectivity index (χ2n) is 21.6. The Morgan fingerprint density at radius 2 is 1.35 bits per heavy atom. The average Bonchev–Trinajstić information content (AvgIpc) is 3.89. The van der Waals surface area contributed by atoms with Gasteiger partial charge in [-0.3, -0.25) is 4.79 Å². The highest BCUT2D eigenvalue weighted by Gasteiger charge is 2.70. The maximum atomic E-state index is 14.7. The number of fused-ring (bicyclic) bond motifs is 7. The number of carbonyl (C=O) groups excluding carboxylic acids is 1. The van der Waals surface area contributed by atoms with E-state index >= 15 is 0 Å². The van der Waals surface area contributed by atoms with Crippen LogP contribution in [0.3, 0.4) is 0 Å². The van der Waals surface area contributed by atoms with Crippen molar-refractivity contribution >= 4 is 37.8 Å². The van der Waals surface area contributed by atoms with Crippen molar-refractivity contribution in [1.82, 2.24) is 30.0 Å². The smallest absolute Gasteiger partial charge is 0.313 e. The molecule has 2 aromatic heterocycles. The first-order chi connectivity index (χ1) is 29.5. The highest BCUT2D eigenvalue weighted by molar-refractivity contribution is 9.10. The summed E-state index contributed by atoms with van der Waals surface area (Å²) in [4.78, 5) is 14.7. The SMILES string of the molecule is CC1(C)CC[C@]2(C(=O)OCc3cn(Cc4ccc(Br)cc4)nn3)CC[C@]3(C)C(=CC[C@@H]4[C@@]5(C)CC[C@H](O)[C@@](C)(COCc6cn(Cc7ccc(Br)cc7)nn6)[C@@H]5CC[C@]43C)[C@@H]2C1. The minimum absolute atomic E-state index is 0.0352. The standard InChI is InChI=1S/C50H64Br2N6O4/c1-45(2)21-23-50(44(60)62-31-38-29-58(56-54-38)27-34-9-13-36(52)14-10-34)24-22-48(5)39(40(50)25-45)15-16-42-46(3)19-18-43(59)47(4,41(46)17-20-49(42,48)6)32-61-30-37-28-57(55-53-37)26-33-7-11-35(51)12-8-33/h7-15,28-29,40-43,59H,16-27,30-32H2,1-6H3/t40-,41+,42+,43-,46-,47-,48+,49+,50-/m0/s1. The number of hydrogen-bond donors (Lipinski definition) is 1. The number of halogens is 2. The molecule has 0 spiro atoms. The molecule has 9 rings (SSSR count). The Balaban J connectivity index is 0.909. The summed E-state index contributed by atoms with van der Waals surface area (Å²) in [5, 5.41) is 29.4. The molecule has 4 aromatic rings. The van der Waals surface area contributed by atoms with E-state index in [1.54, 1.807) is 0 Å². The van der Waals surface area contributed by atoms with Crippen LogP contribution in [0.25, 0.3) is 0 Å². The molecule has 5 aliphatic carbocycles. The molecule has 0 bridgehead atoms. The molecule has 0 saturated heterocycles. The van der Waals surface area contributed by atoms with Gasteiger partial charge in [0.25, 0.3) is 0 Å². The Bertz CT molecular complexity index is 2310. The van der Waals surface area contributed by atoms with E-state index in [4.69, 9.17) is 9.47 Å². The van der Waals surface area contributed by atoms with E-state index in [-0.39, 0.29) is 45.6 Å². The lowest BCUT2D eigenvalue weighted by Gasteiger charge is -2.71. The van der Waals surface area contributed by atoms with Crippen molar-refractivity contribution < 1.29 is 19.4 Å². The number of rotatable bonds is 11. The summed E-state index contributed by atoms with van der Waals surface area (Å²) in [6.45, 7) is 17.0. The second kappa shape index (κ2) is 16.4. The molecule has 5 aliphatic rings. The molecule has 332 valence electrons. The zero-order valence-corrected chi connectivity index (χ0v) is 40.6. The van der Waals surface area contributed by atoms with E-state index in [1.165, 1.54) is 5.57 Å². The van der Waals surface area contributed by atoms with Gasteiger partial charge < -0.3 is 14.6 Å². The van der Waals surface area contributed by atoms with E-state index in [2.05, 4.69) is 124 Å². The van der Waals surface area contributed by atoms with Gasteiger partial charge in [0.2, 0.25) is 0 Å². The molecule has 12 heteroatoms. The van der Waals surface area contributed by atoms with E-state index < -0.39 is 11.5 Å². The maximum absolute atomic E-state index is 14.7. The quantitative estimate of drug-likeness (QED) is 0.117. The van der Waals surface area contributed by atoms with Crippen LogP contribution in [0.4, 0.5) is 0 Å². The summed E-state index contributed by atoms with van der Waals surface area (Å²) in [6.07, 6.45) is 15.7. The van der Waals surface area contributed by atoms with Gasteiger partial charge in [0.05, 0.1) is 50.2 Å². The molecule has 2 aromatic carbocycles. The predicted molar refractivity (Wildman–Crippen MR) is 245 cm³/mol. The van der Waals surface area contributed by atoms with Gasteiger partial charge in [-0.15, -0.1) is 10.2 Å². The van der Waals surface area contributed by atoms with Gasteiger partial charge in [-0.05, 0) is 139 Å². The molecule has 9 atom stereocenters. The zero-order valence-electron chi connectivity index (χ0n) is 37.4. The molecule has 62 heavy (non-hydrogen) atoms. The monoisotopic (exact) mass is 970 g/mol. The highest BCUT2D eigenvalue weighted by atomic mass is 79.9. The maximum Gasteiger partial charge on any atom is 0.313 e. The summed E-state index contributed by atoms with van der Waals surface area (Å²) < 4.78 is 18.6. The number of nitrogens with zero attached hydrogens (tertiary/aromatic N) is 6. The van der Waals surface area contributed by atoms with Gasteiger partial charge in [-0.2, -0.15) is 0 Å². The van der Waals surface area contributed by atoms with Crippen molar-refractivity contribution in [2.24, 2.45) is 50.2 Å². The van der Waals surface area contributed by atoms with Gasteiger partial charge in [-0.1, -0.05) is 120 Å². The lowest BCUT2D eigenvalue weighted by atomic mass is 9.33. The first kappa shape index (κ1) is 44.0. The van der Waals surface area contributed by atoms with Crippen LogP contribution in [0.1, 0.15) is 128 Å². The fourth-order valence-electron chi connectivity index (χ4n) is 13.8. The highest BCUT2D eigenvalue weighted by Crippen LogP contribution is 2.76. The fraction of sp³-hybridized carbons (Fsp3) is 0.620. The fourth-order valence-corrected chi connectivity index (χ4v) is 14.3. The number of aromatic nitrogens is 6. The van der Waals surface area contributed by atoms with Gasteiger partial charge in [-0.25, -0.2) is 9.36 Å². The summed E-state index contributed by atoms with van der Waals surface area (Å²) in [6, 6.07) is 16.4. The third kappa shape index (κ3) is 7.68. The van der Waals surface area contributed by atoms with Crippen LogP contribution in [0, 0.1) is 50.2 Å². The third-order valence-electron chi connectivity index (χ3n) is 17.5. The summed E-state index contributed by atoms with van der Waals surface area (Å²) in [7, 11) is 0. The lowest BCUT2D eigenvalue weighted by Crippen LogP contribution is -2.66. The molecule has 2 heterocycles. The van der Waals surface area contributed by atoms with Gasteiger partial charge in [0.15, 0.2) is 0 Å².